The van der Waals surface area contributed by atoms with Crippen molar-refractivity contribution in [1.29, 1.82) is 0 Å². The fourth-order valence-electron chi connectivity index (χ4n) is 7.51. The van der Waals surface area contributed by atoms with E-state index in [0.29, 0.717) is 24.3 Å². The van der Waals surface area contributed by atoms with Crippen molar-refractivity contribution in [2.45, 2.75) is 79.4 Å². The van der Waals surface area contributed by atoms with Gasteiger partial charge in [0.1, 0.15) is 17.7 Å². The van der Waals surface area contributed by atoms with E-state index in [4.69, 9.17) is 9.87 Å². The van der Waals surface area contributed by atoms with E-state index >= 15 is 0 Å². The zero-order valence-corrected chi connectivity index (χ0v) is 37.7. The van der Waals surface area contributed by atoms with Crippen LogP contribution in [0.15, 0.2) is 53.7 Å². The lowest BCUT2D eigenvalue weighted by Gasteiger charge is -2.30. The van der Waals surface area contributed by atoms with Gasteiger partial charge in [-0.1, -0.05) is 66.0 Å². The summed E-state index contributed by atoms with van der Waals surface area (Å²) < 4.78 is 0. The minimum absolute atomic E-state index is 0. The Labute approximate surface area is 372 Å². The van der Waals surface area contributed by atoms with Crippen molar-refractivity contribution in [3.05, 3.63) is 71.4 Å². The maximum Gasteiger partial charge on any atom is 0.248 e. The molecule has 2 saturated heterocycles. The molecule has 2 aromatic heterocycles. The number of imidazole rings is 2. The molecular weight excluding hydrogens is 815 g/mol. The number of rotatable bonds is 10. The van der Waals surface area contributed by atoms with Crippen molar-refractivity contribution in [3.8, 4) is 23.1 Å². The van der Waals surface area contributed by atoms with Gasteiger partial charge < -0.3 is 24.7 Å². The zero-order chi connectivity index (χ0) is 35.8. The molecule has 11 nitrogen and oxygen atoms in total. The first-order valence-corrected chi connectivity index (χ1v) is 18.1. The van der Waals surface area contributed by atoms with E-state index in [-0.39, 0.29) is 111 Å². The Morgan fingerprint density at radius 1 is 0.895 bits per heavy atom. The molecule has 16 heteroatoms. The molecule has 2 aliphatic heterocycles. The second-order valence-electron chi connectivity index (χ2n) is 14.9. The Bertz CT molecular complexity index is 2010. The highest BCUT2D eigenvalue weighted by Crippen LogP contribution is 2.56. The van der Waals surface area contributed by atoms with Gasteiger partial charge >= 0.3 is 0 Å². The van der Waals surface area contributed by atoms with Crippen molar-refractivity contribution in [2.75, 3.05) is 20.2 Å². The zero-order valence-electron chi connectivity index (χ0n) is 32.7. The summed E-state index contributed by atoms with van der Waals surface area (Å²) in [6.45, 7) is 11.7. The van der Waals surface area contributed by atoms with E-state index in [1.165, 1.54) is 19.9 Å². The molecule has 6 atom stereocenters. The summed E-state index contributed by atoms with van der Waals surface area (Å²) in [7, 11) is 1.40. The topological polar surface area (TPSA) is 129 Å². The van der Waals surface area contributed by atoms with E-state index in [9.17, 15) is 9.59 Å². The lowest BCUT2D eigenvalue weighted by atomic mass is 9.96. The average molecular weight is 876 g/mol. The summed E-state index contributed by atoms with van der Waals surface area (Å²) in [5.74, 6) is 9.83. The number of piperidine rings is 1. The number of aliphatic imine (C=N–C) groups is 1. The van der Waals surface area contributed by atoms with Crippen LogP contribution in [-0.4, -0.2) is 74.2 Å². The second-order valence-corrected chi connectivity index (χ2v) is 14.9. The SMILES string of the molecule is C.COOC=N[C@H](C(=O)N1CCC[C@H]1c1ncc(-c2ccc(C#Cc3ccc4nc([C@@H]5[C@H]6C[C@H]6CN5C(=O)[C@@H](C)C(C)C)[nH]c4c3)cc2)[nH]1)C(C)C.S.S.S.S.S. The minimum Gasteiger partial charge on any atom is -0.340 e. The molecule has 3 fully saturated rings. The third-order valence-corrected chi connectivity index (χ3v) is 10.8. The molecule has 0 radical (unpaired) electrons. The number of nitrogens with zero attached hydrogens (tertiary/aromatic N) is 5. The predicted molar refractivity (Wildman–Crippen MR) is 254 cm³/mol. The van der Waals surface area contributed by atoms with Crippen LogP contribution in [0.5, 0.6) is 0 Å². The normalized spacial score (nSPS) is 20.1. The van der Waals surface area contributed by atoms with Crippen molar-refractivity contribution in [1.82, 2.24) is 29.7 Å². The molecule has 0 bridgehead atoms. The molecular formula is C41H61N7O4S5. The Morgan fingerprint density at radius 2 is 1.58 bits per heavy atom. The predicted octanol–water partition coefficient (Wildman–Crippen LogP) is 7.66. The third kappa shape index (κ3) is 11.1. The number of hydrogen-bond acceptors (Lipinski definition) is 7. The highest BCUT2D eigenvalue weighted by Gasteiger charge is 2.56. The number of benzene rings is 2. The summed E-state index contributed by atoms with van der Waals surface area (Å²) in [6.07, 6.45) is 5.91. The van der Waals surface area contributed by atoms with Crippen LogP contribution in [0.3, 0.4) is 0 Å². The fraction of sp³-hybridized carbons (Fsp3) is 0.488. The first kappa shape index (κ1) is 51.8. The standard InChI is InChI=1S/C40H47N7O4.CH4.5H2S/c1-23(2)25(5)39(48)47-21-29-19-30(29)36(47)38-43-31-16-13-27(18-32(31)44-38)10-9-26-11-14-28(15-12-26)33-20-41-37(45-33)34-8-7-17-46(34)40(49)35(24(3)4)42-22-51-50-6;;;;;;/h11-16,18,20,22-25,29-30,34-36H,7-8,17,19,21H2,1-6H3,(H,41,45)(H,43,44);1H4;5*1H2/t25-,29-,30-,34-,35-,36-;;;;;;/m0....../s1. The van der Waals surface area contributed by atoms with Gasteiger partial charge in [0.15, 0.2) is 0 Å². The van der Waals surface area contributed by atoms with E-state index in [0.717, 1.165) is 64.5 Å². The van der Waals surface area contributed by atoms with Gasteiger partial charge in [0.05, 0.1) is 42.1 Å². The van der Waals surface area contributed by atoms with Crippen LogP contribution in [0.1, 0.15) is 96.2 Å². The van der Waals surface area contributed by atoms with Gasteiger partial charge in [0.2, 0.25) is 18.2 Å². The first-order chi connectivity index (χ1) is 24.6. The summed E-state index contributed by atoms with van der Waals surface area (Å²) in [5.41, 5.74) is 5.49. The molecule has 2 N–H and O–H groups in total. The quantitative estimate of drug-likeness (QED) is 0.0554. The maximum absolute atomic E-state index is 13.5. The molecule has 2 aromatic carbocycles. The molecule has 4 heterocycles. The van der Waals surface area contributed by atoms with E-state index in [1.807, 2.05) is 74.3 Å². The molecule has 2 amide bonds. The monoisotopic (exact) mass is 875 g/mol. The number of hydrogen-bond donors (Lipinski definition) is 2. The fourth-order valence-corrected chi connectivity index (χ4v) is 7.51. The molecule has 3 aliphatic rings. The summed E-state index contributed by atoms with van der Waals surface area (Å²) in [6, 6.07) is 13.4. The third-order valence-electron chi connectivity index (χ3n) is 10.8. The Balaban J connectivity index is 0.00000271. The number of nitrogens with one attached hydrogen (secondary N) is 2. The lowest BCUT2D eigenvalue weighted by molar-refractivity contribution is -0.188. The van der Waals surface area contributed by atoms with Crippen LogP contribution in [0, 0.1) is 41.4 Å². The van der Waals surface area contributed by atoms with Gasteiger partial charge in [0.25, 0.3) is 0 Å². The molecule has 7 rings (SSSR count). The molecule has 0 spiro atoms. The van der Waals surface area contributed by atoms with Crippen molar-refractivity contribution < 1.29 is 19.4 Å². The Morgan fingerprint density at radius 3 is 2.25 bits per heavy atom. The average Bonchev–Trinajstić information content (AvgIpc) is 3.62. The van der Waals surface area contributed by atoms with Crippen LogP contribution in [0.4, 0.5) is 0 Å². The molecule has 0 unspecified atom stereocenters. The lowest BCUT2D eigenvalue weighted by Crippen LogP contribution is -2.40. The van der Waals surface area contributed by atoms with Gasteiger partial charge in [-0.3, -0.25) is 9.59 Å². The summed E-state index contributed by atoms with van der Waals surface area (Å²) in [5, 5.41) is 0. The van der Waals surface area contributed by atoms with Gasteiger partial charge in [-0.25, -0.2) is 15.0 Å². The number of H-pyrrole nitrogens is 2. The number of amides is 2. The van der Waals surface area contributed by atoms with E-state index < -0.39 is 6.04 Å². The highest BCUT2D eigenvalue weighted by molar-refractivity contribution is 7.60. The molecule has 57 heavy (non-hydrogen) atoms. The number of carbonyl (C=O) groups excluding carboxylic acids is 2. The van der Waals surface area contributed by atoms with Gasteiger partial charge in [-0.2, -0.15) is 72.4 Å². The van der Waals surface area contributed by atoms with E-state index in [1.54, 1.807) is 0 Å². The second kappa shape index (κ2) is 22.2. The number of fused-ring (bicyclic) bond motifs is 2. The van der Waals surface area contributed by atoms with Crippen LogP contribution in [0.25, 0.3) is 22.3 Å². The maximum atomic E-state index is 13.5. The van der Waals surface area contributed by atoms with Gasteiger partial charge in [0, 0.05) is 30.1 Å². The van der Waals surface area contributed by atoms with Crippen molar-refractivity contribution >= 4 is 96.7 Å². The smallest absolute Gasteiger partial charge is 0.248 e. The van der Waals surface area contributed by atoms with Crippen molar-refractivity contribution in [3.63, 3.8) is 0 Å². The van der Waals surface area contributed by atoms with Crippen molar-refractivity contribution in [2.24, 2.45) is 34.6 Å². The number of aromatic amines is 2. The van der Waals surface area contributed by atoms with Gasteiger partial charge in [-0.15, -0.1) is 0 Å². The Hall–Kier alpha value is -3.20. The van der Waals surface area contributed by atoms with E-state index in [2.05, 4.69) is 55.4 Å². The summed E-state index contributed by atoms with van der Waals surface area (Å²) in [4.78, 5) is 61.1. The molecule has 4 aromatic rings. The Kier molecular flexibility index (Phi) is 20.2. The van der Waals surface area contributed by atoms with Crippen LogP contribution >= 0.6 is 67.5 Å². The summed E-state index contributed by atoms with van der Waals surface area (Å²) >= 11 is 0. The molecule has 314 valence electrons. The number of aromatic nitrogens is 4. The minimum atomic E-state index is -0.564. The number of likely N-dealkylation sites (tertiary alicyclic amines) is 2. The largest absolute Gasteiger partial charge is 0.340 e. The van der Waals surface area contributed by atoms with Gasteiger partial charge in [-0.05, 0) is 78.8 Å². The number of carbonyl (C=O) groups is 2. The first-order valence-electron chi connectivity index (χ1n) is 18.1. The molecule has 1 aliphatic carbocycles. The molecule has 1 saturated carbocycles. The van der Waals surface area contributed by atoms with Crippen LogP contribution in [-0.2, 0) is 19.4 Å². The van der Waals surface area contributed by atoms with Crippen LogP contribution < -0.4 is 0 Å². The highest BCUT2D eigenvalue weighted by atomic mass is 32.1. The van der Waals surface area contributed by atoms with Crippen LogP contribution in [0.2, 0.25) is 0 Å².